The van der Waals surface area contributed by atoms with E-state index in [-0.39, 0.29) is 18.1 Å². The van der Waals surface area contributed by atoms with Gasteiger partial charge in [-0.05, 0) is 35.4 Å². The van der Waals surface area contributed by atoms with E-state index in [2.05, 4.69) is 26.2 Å². The fraction of sp³-hybridized carbons (Fsp3) is 0.238. The van der Waals surface area contributed by atoms with E-state index in [0.717, 1.165) is 10.0 Å². The third-order valence-corrected chi connectivity index (χ3v) is 5.40. The van der Waals surface area contributed by atoms with Crippen LogP contribution in [0.2, 0.25) is 0 Å². The van der Waals surface area contributed by atoms with Crippen molar-refractivity contribution in [2.45, 2.75) is 12.5 Å². The van der Waals surface area contributed by atoms with Crippen LogP contribution in [0.1, 0.15) is 23.0 Å². The fourth-order valence-corrected chi connectivity index (χ4v) is 3.73. The van der Waals surface area contributed by atoms with Crippen molar-refractivity contribution >= 4 is 21.8 Å². The highest BCUT2D eigenvalue weighted by atomic mass is 79.9. The Morgan fingerprint density at radius 2 is 2.03 bits per heavy atom. The van der Waals surface area contributed by atoms with Crippen molar-refractivity contribution in [3.8, 4) is 11.5 Å². The van der Waals surface area contributed by atoms with Gasteiger partial charge in [0.05, 0.1) is 6.42 Å². The number of hydrogen-bond donors (Lipinski definition) is 1. The van der Waals surface area contributed by atoms with Crippen LogP contribution in [0.3, 0.4) is 0 Å². The fourth-order valence-electron chi connectivity index (χ4n) is 3.26. The van der Waals surface area contributed by atoms with E-state index in [1.54, 1.807) is 41.2 Å². The maximum Gasteiger partial charge on any atom is 0.225 e. The molecule has 1 amide bonds. The Morgan fingerprint density at radius 3 is 2.72 bits per heavy atom. The molecule has 150 valence electrons. The van der Waals surface area contributed by atoms with Crippen LogP contribution in [0.5, 0.6) is 11.5 Å². The predicted molar refractivity (Wildman–Crippen MR) is 108 cm³/mol. The number of carbonyl (C=O) groups is 1. The Bertz CT molecular complexity index is 1050. The number of fused-ring (bicyclic) bond motifs is 1. The van der Waals surface area contributed by atoms with Crippen molar-refractivity contribution in [1.29, 1.82) is 0 Å². The number of imidazole rings is 1. The zero-order chi connectivity index (χ0) is 20.4. The standard InChI is InChI=1S/C21H19BrFN3O3/c1-26-6-5-24-21(26)20(13-3-2-4-15(23)9-13)25-19(27)11-14-10-17-18(12-16(14)22)29-8-7-28-17/h2-6,9-10,12,20H,7-8,11H2,1H3,(H,25,27). The van der Waals surface area contributed by atoms with Crippen LogP contribution in [0.4, 0.5) is 4.39 Å². The molecule has 8 heteroatoms. The van der Waals surface area contributed by atoms with Gasteiger partial charge < -0.3 is 19.4 Å². The summed E-state index contributed by atoms with van der Waals surface area (Å²) in [7, 11) is 1.83. The molecule has 0 saturated heterocycles. The molecule has 3 aromatic rings. The maximum atomic E-state index is 13.8. The first kappa shape index (κ1) is 19.4. The third-order valence-electron chi connectivity index (χ3n) is 4.67. The maximum absolute atomic E-state index is 13.8. The van der Waals surface area contributed by atoms with Crippen molar-refractivity contribution in [2.24, 2.45) is 7.05 Å². The lowest BCUT2D eigenvalue weighted by molar-refractivity contribution is -0.121. The largest absolute Gasteiger partial charge is 0.486 e. The summed E-state index contributed by atoms with van der Waals surface area (Å²) in [5.41, 5.74) is 1.39. The highest BCUT2D eigenvalue weighted by molar-refractivity contribution is 9.10. The zero-order valence-corrected chi connectivity index (χ0v) is 17.3. The van der Waals surface area contributed by atoms with Crippen molar-refractivity contribution in [2.75, 3.05) is 13.2 Å². The van der Waals surface area contributed by atoms with Crippen LogP contribution >= 0.6 is 15.9 Å². The summed E-state index contributed by atoms with van der Waals surface area (Å²) in [4.78, 5) is 17.2. The van der Waals surface area contributed by atoms with Crippen molar-refractivity contribution in [3.63, 3.8) is 0 Å². The number of aryl methyl sites for hydroxylation is 1. The molecule has 1 aromatic heterocycles. The summed E-state index contributed by atoms with van der Waals surface area (Å²) < 4.78 is 27.5. The number of nitrogens with one attached hydrogen (secondary N) is 1. The van der Waals surface area contributed by atoms with Crippen LogP contribution in [-0.2, 0) is 18.3 Å². The quantitative estimate of drug-likeness (QED) is 0.633. The summed E-state index contributed by atoms with van der Waals surface area (Å²) in [5.74, 6) is 1.29. The molecule has 0 radical (unpaired) electrons. The van der Waals surface area contributed by atoms with Crippen molar-refractivity contribution in [3.05, 3.63) is 76.0 Å². The number of carbonyl (C=O) groups excluding carboxylic acids is 1. The number of hydrogen-bond acceptors (Lipinski definition) is 4. The van der Waals surface area contributed by atoms with Crippen molar-refractivity contribution in [1.82, 2.24) is 14.9 Å². The zero-order valence-electron chi connectivity index (χ0n) is 15.7. The molecule has 0 aliphatic carbocycles. The minimum Gasteiger partial charge on any atom is -0.486 e. The lowest BCUT2D eigenvalue weighted by Crippen LogP contribution is -2.32. The molecule has 1 atom stereocenters. The lowest BCUT2D eigenvalue weighted by Gasteiger charge is -2.21. The number of halogens is 2. The van der Waals surface area contributed by atoms with E-state index in [9.17, 15) is 9.18 Å². The molecule has 1 unspecified atom stereocenters. The summed E-state index contributed by atoms with van der Waals surface area (Å²) >= 11 is 3.49. The predicted octanol–water partition coefficient (Wildman–Crippen LogP) is 3.54. The van der Waals surface area contributed by atoms with E-state index in [1.165, 1.54) is 12.1 Å². The van der Waals surface area contributed by atoms with Gasteiger partial charge in [-0.25, -0.2) is 9.37 Å². The molecule has 2 aromatic carbocycles. The van der Waals surface area contributed by atoms with Gasteiger partial charge in [-0.3, -0.25) is 4.79 Å². The number of amides is 1. The number of nitrogens with zero attached hydrogens (tertiary/aromatic N) is 2. The minimum atomic E-state index is -0.575. The van der Waals surface area contributed by atoms with Gasteiger partial charge in [0.1, 0.15) is 30.9 Å². The van der Waals surface area contributed by atoms with E-state index in [1.807, 2.05) is 7.05 Å². The van der Waals surface area contributed by atoms with Gasteiger partial charge in [0.2, 0.25) is 5.91 Å². The number of rotatable bonds is 5. The highest BCUT2D eigenvalue weighted by Crippen LogP contribution is 2.35. The number of benzene rings is 2. The third kappa shape index (κ3) is 4.27. The van der Waals surface area contributed by atoms with E-state index >= 15 is 0 Å². The average molecular weight is 460 g/mol. The van der Waals surface area contributed by atoms with Crippen LogP contribution in [0, 0.1) is 5.82 Å². The van der Waals surface area contributed by atoms with Gasteiger partial charge in [0.15, 0.2) is 11.5 Å². The molecular formula is C21H19BrFN3O3. The minimum absolute atomic E-state index is 0.119. The molecule has 6 nitrogen and oxygen atoms in total. The van der Waals surface area contributed by atoms with Gasteiger partial charge >= 0.3 is 0 Å². The SMILES string of the molecule is Cn1ccnc1C(NC(=O)Cc1cc2c(cc1Br)OCCO2)c1cccc(F)c1. The second kappa shape index (κ2) is 8.24. The summed E-state index contributed by atoms with van der Waals surface area (Å²) in [6, 6.07) is 9.18. The van der Waals surface area contributed by atoms with E-state index in [4.69, 9.17) is 9.47 Å². The Kier molecular flexibility index (Phi) is 5.53. The van der Waals surface area contributed by atoms with Gasteiger partial charge in [0, 0.05) is 23.9 Å². The molecule has 0 bridgehead atoms. The van der Waals surface area contributed by atoms with E-state index < -0.39 is 6.04 Å². The second-order valence-corrected chi connectivity index (χ2v) is 7.57. The number of ether oxygens (including phenoxy) is 2. The molecule has 1 aliphatic rings. The Balaban J connectivity index is 1.58. The molecule has 1 N–H and O–H groups in total. The Morgan fingerprint density at radius 1 is 1.28 bits per heavy atom. The van der Waals surface area contributed by atoms with Gasteiger partial charge in [-0.2, -0.15) is 0 Å². The molecule has 4 rings (SSSR count). The molecular weight excluding hydrogens is 441 g/mol. The smallest absolute Gasteiger partial charge is 0.225 e. The summed E-state index contributed by atoms with van der Waals surface area (Å²) in [6.07, 6.45) is 3.55. The van der Waals surface area contributed by atoms with Gasteiger partial charge in [0.25, 0.3) is 0 Å². The van der Waals surface area contributed by atoms with Gasteiger partial charge in [-0.15, -0.1) is 0 Å². The molecule has 0 fully saturated rings. The Hall–Kier alpha value is -2.87. The van der Waals surface area contributed by atoms with Crippen LogP contribution < -0.4 is 14.8 Å². The number of aromatic nitrogens is 2. The normalized spacial score (nSPS) is 13.8. The molecule has 2 heterocycles. The first-order valence-corrected chi connectivity index (χ1v) is 9.90. The van der Waals surface area contributed by atoms with Gasteiger partial charge in [-0.1, -0.05) is 28.1 Å². The lowest BCUT2D eigenvalue weighted by atomic mass is 10.0. The van der Waals surface area contributed by atoms with Crippen LogP contribution in [0.25, 0.3) is 0 Å². The average Bonchev–Trinajstić information content (AvgIpc) is 3.12. The van der Waals surface area contributed by atoms with Crippen LogP contribution in [-0.4, -0.2) is 28.7 Å². The molecule has 29 heavy (non-hydrogen) atoms. The molecule has 1 aliphatic heterocycles. The highest BCUT2D eigenvalue weighted by Gasteiger charge is 2.23. The Labute approximate surface area is 175 Å². The topological polar surface area (TPSA) is 65.4 Å². The summed E-state index contributed by atoms with van der Waals surface area (Å²) in [5, 5.41) is 2.98. The second-order valence-electron chi connectivity index (χ2n) is 6.72. The summed E-state index contributed by atoms with van der Waals surface area (Å²) in [6.45, 7) is 0.972. The first-order chi connectivity index (χ1) is 14.0. The van der Waals surface area contributed by atoms with E-state index in [0.29, 0.717) is 36.1 Å². The first-order valence-electron chi connectivity index (χ1n) is 9.11. The molecule has 0 saturated carbocycles. The monoisotopic (exact) mass is 459 g/mol. The van der Waals surface area contributed by atoms with Crippen LogP contribution in [0.15, 0.2) is 53.3 Å². The van der Waals surface area contributed by atoms with Crippen molar-refractivity contribution < 1.29 is 18.7 Å². The molecule has 0 spiro atoms.